The van der Waals surface area contributed by atoms with Crippen molar-refractivity contribution in [2.24, 2.45) is 7.05 Å². The minimum absolute atomic E-state index is 0.397. The number of likely N-dealkylation sites (tertiary alicyclic amines) is 1. The summed E-state index contributed by atoms with van der Waals surface area (Å²) in [5.74, 6) is 1.00. The maximum Gasteiger partial charge on any atom is 0.193 e. The molecule has 0 unspecified atom stereocenters. The van der Waals surface area contributed by atoms with E-state index in [-0.39, 0.29) is 0 Å². The number of rotatable bonds is 2. The number of hydrogen-bond donors (Lipinski definition) is 0. The van der Waals surface area contributed by atoms with E-state index in [4.69, 9.17) is 4.74 Å². The van der Waals surface area contributed by atoms with Crippen molar-refractivity contribution in [1.29, 1.82) is 0 Å². The summed E-state index contributed by atoms with van der Waals surface area (Å²) in [6.45, 7) is 4.39. The molecule has 1 aromatic rings. The van der Waals surface area contributed by atoms with Gasteiger partial charge in [-0.3, -0.25) is 0 Å². The number of hydrogen-bond acceptors (Lipinski definition) is 2. The summed E-state index contributed by atoms with van der Waals surface area (Å²) in [5.41, 5.74) is 1.25. The molecule has 3 nitrogen and oxygen atoms in total. The molecule has 1 saturated heterocycles. The van der Waals surface area contributed by atoms with Crippen LogP contribution in [0, 0.1) is 6.92 Å². The number of aromatic nitrogens is 1. The zero-order valence-corrected chi connectivity index (χ0v) is 9.86. The van der Waals surface area contributed by atoms with E-state index in [0.29, 0.717) is 6.10 Å². The molecule has 3 heteroatoms. The Morgan fingerprint density at radius 3 is 2.40 bits per heavy atom. The van der Waals surface area contributed by atoms with Gasteiger partial charge in [-0.1, -0.05) is 0 Å². The lowest BCUT2D eigenvalue weighted by atomic mass is 10.1. The summed E-state index contributed by atoms with van der Waals surface area (Å²) < 4.78 is 8.10. The third-order valence-electron chi connectivity index (χ3n) is 3.28. The van der Waals surface area contributed by atoms with Crippen molar-refractivity contribution < 1.29 is 4.74 Å². The van der Waals surface area contributed by atoms with E-state index in [2.05, 4.69) is 42.6 Å². The molecule has 0 radical (unpaired) electrons. The van der Waals surface area contributed by atoms with Crippen molar-refractivity contribution >= 4 is 0 Å². The summed E-state index contributed by atoms with van der Waals surface area (Å²) in [4.78, 5) is 2.36. The molecule has 0 spiro atoms. The monoisotopic (exact) mass is 208 g/mol. The molecule has 0 aromatic carbocycles. The summed E-state index contributed by atoms with van der Waals surface area (Å²) in [6.07, 6.45) is 2.68. The lowest BCUT2D eigenvalue weighted by molar-refractivity contribution is 0.107. The van der Waals surface area contributed by atoms with Gasteiger partial charge in [-0.2, -0.15) is 0 Å². The smallest absolute Gasteiger partial charge is 0.193 e. The Labute approximate surface area is 91.6 Å². The van der Waals surface area contributed by atoms with Crippen LogP contribution in [0.1, 0.15) is 18.5 Å². The molecule has 84 valence electrons. The predicted molar refractivity (Wildman–Crippen MR) is 61.3 cm³/mol. The second kappa shape index (κ2) is 4.27. The SMILES string of the molecule is Cc1ccc(OC2CCN(C)CC2)n1C. The highest BCUT2D eigenvalue weighted by Gasteiger charge is 2.18. The maximum atomic E-state index is 5.99. The number of aryl methyl sites for hydroxylation is 1. The molecule has 1 aromatic heterocycles. The molecule has 0 N–H and O–H groups in total. The van der Waals surface area contributed by atoms with Crippen LogP contribution in [0.25, 0.3) is 0 Å². The first-order valence-corrected chi connectivity index (χ1v) is 5.64. The van der Waals surface area contributed by atoms with Crippen LogP contribution < -0.4 is 4.74 Å². The van der Waals surface area contributed by atoms with E-state index in [1.165, 1.54) is 5.69 Å². The lowest BCUT2D eigenvalue weighted by Crippen LogP contribution is -2.35. The van der Waals surface area contributed by atoms with Gasteiger partial charge in [0.05, 0.1) is 0 Å². The van der Waals surface area contributed by atoms with Crippen LogP contribution in [0.2, 0.25) is 0 Å². The van der Waals surface area contributed by atoms with E-state index in [1.807, 2.05) is 0 Å². The van der Waals surface area contributed by atoms with Crippen molar-refractivity contribution in [3.05, 3.63) is 17.8 Å². The minimum Gasteiger partial charge on any atom is -0.475 e. The van der Waals surface area contributed by atoms with E-state index < -0.39 is 0 Å². The standard InChI is InChI=1S/C12H20N2O/c1-10-4-5-12(14(10)3)15-11-6-8-13(2)9-7-11/h4-5,11H,6-9H2,1-3H3. The van der Waals surface area contributed by atoms with Gasteiger partial charge >= 0.3 is 0 Å². The molecular weight excluding hydrogens is 188 g/mol. The zero-order valence-electron chi connectivity index (χ0n) is 9.86. The summed E-state index contributed by atoms with van der Waals surface area (Å²) in [6, 6.07) is 4.16. The molecule has 1 aliphatic rings. The molecule has 0 amide bonds. The van der Waals surface area contributed by atoms with Gasteiger partial charge in [0.25, 0.3) is 0 Å². The second-order valence-electron chi connectivity index (χ2n) is 4.49. The van der Waals surface area contributed by atoms with E-state index in [9.17, 15) is 0 Å². The van der Waals surface area contributed by atoms with Crippen molar-refractivity contribution in [3.63, 3.8) is 0 Å². The number of piperidine rings is 1. The molecule has 15 heavy (non-hydrogen) atoms. The highest BCUT2D eigenvalue weighted by molar-refractivity contribution is 5.20. The zero-order chi connectivity index (χ0) is 10.8. The van der Waals surface area contributed by atoms with Gasteiger partial charge in [-0.05, 0) is 32.9 Å². The number of nitrogens with zero attached hydrogens (tertiary/aromatic N) is 2. The second-order valence-corrected chi connectivity index (χ2v) is 4.49. The Morgan fingerprint density at radius 2 is 1.87 bits per heavy atom. The average molecular weight is 208 g/mol. The van der Waals surface area contributed by atoms with Crippen LogP contribution in [-0.4, -0.2) is 35.7 Å². The van der Waals surface area contributed by atoms with Gasteiger partial charge in [-0.25, -0.2) is 0 Å². The topological polar surface area (TPSA) is 17.4 Å². The van der Waals surface area contributed by atoms with E-state index in [0.717, 1.165) is 31.8 Å². The van der Waals surface area contributed by atoms with Gasteiger partial charge in [-0.15, -0.1) is 0 Å². The Hall–Kier alpha value is -0.960. The van der Waals surface area contributed by atoms with Crippen molar-refractivity contribution in [3.8, 4) is 5.88 Å². The molecule has 1 aliphatic heterocycles. The third kappa shape index (κ3) is 2.34. The van der Waals surface area contributed by atoms with Gasteiger partial charge < -0.3 is 14.2 Å². The summed E-state index contributed by atoms with van der Waals surface area (Å²) in [5, 5.41) is 0. The molecule has 2 rings (SSSR count). The first-order valence-electron chi connectivity index (χ1n) is 5.64. The van der Waals surface area contributed by atoms with Crippen molar-refractivity contribution in [2.75, 3.05) is 20.1 Å². The molecular formula is C12H20N2O. The quantitative estimate of drug-likeness (QED) is 0.737. The molecule has 0 aliphatic carbocycles. The van der Waals surface area contributed by atoms with Crippen molar-refractivity contribution in [1.82, 2.24) is 9.47 Å². The summed E-state index contributed by atoms with van der Waals surface area (Å²) >= 11 is 0. The summed E-state index contributed by atoms with van der Waals surface area (Å²) in [7, 11) is 4.22. The van der Waals surface area contributed by atoms with Crippen LogP contribution in [0.4, 0.5) is 0 Å². The Bertz CT molecular complexity index is 324. The Kier molecular flexibility index (Phi) is 3.00. The fourth-order valence-electron chi connectivity index (χ4n) is 1.98. The fraction of sp³-hybridized carbons (Fsp3) is 0.667. The molecule has 0 saturated carbocycles. The first kappa shape index (κ1) is 10.6. The van der Waals surface area contributed by atoms with Crippen LogP contribution in [0.3, 0.4) is 0 Å². The van der Waals surface area contributed by atoms with E-state index >= 15 is 0 Å². The highest BCUT2D eigenvalue weighted by atomic mass is 16.5. The Morgan fingerprint density at radius 1 is 1.20 bits per heavy atom. The van der Waals surface area contributed by atoms with Crippen LogP contribution in [0.5, 0.6) is 5.88 Å². The fourth-order valence-corrected chi connectivity index (χ4v) is 1.98. The molecule has 0 atom stereocenters. The van der Waals surface area contributed by atoms with Crippen molar-refractivity contribution in [2.45, 2.75) is 25.9 Å². The maximum absolute atomic E-state index is 5.99. The minimum atomic E-state index is 0.397. The normalized spacial score (nSPS) is 19.4. The molecule has 0 bridgehead atoms. The number of ether oxygens (including phenoxy) is 1. The van der Waals surface area contributed by atoms with Crippen LogP contribution >= 0.6 is 0 Å². The molecule has 2 heterocycles. The van der Waals surface area contributed by atoms with Gasteiger partial charge in [0, 0.05) is 31.9 Å². The van der Waals surface area contributed by atoms with E-state index in [1.54, 1.807) is 0 Å². The predicted octanol–water partition coefficient (Wildman–Crippen LogP) is 1.81. The van der Waals surface area contributed by atoms with Crippen LogP contribution in [-0.2, 0) is 7.05 Å². The Balaban J connectivity index is 1.94. The van der Waals surface area contributed by atoms with Gasteiger partial charge in [0.2, 0.25) is 0 Å². The molecule has 1 fully saturated rings. The lowest BCUT2D eigenvalue weighted by Gasteiger charge is -2.29. The largest absolute Gasteiger partial charge is 0.475 e. The third-order valence-corrected chi connectivity index (χ3v) is 3.28. The van der Waals surface area contributed by atoms with Gasteiger partial charge in [0.1, 0.15) is 6.10 Å². The highest BCUT2D eigenvalue weighted by Crippen LogP contribution is 2.20. The van der Waals surface area contributed by atoms with Crippen LogP contribution in [0.15, 0.2) is 12.1 Å². The van der Waals surface area contributed by atoms with Gasteiger partial charge in [0.15, 0.2) is 5.88 Å². The first-order chi connectivity index (χ1) is 7.16. The average Bonchev–Trinajstić information content (AvgIpc) is 2.53.